The van der Waals surface area contributed by atoms with Gasteiger partial charge in [0.05, 0.1) is 11.6 Å². The summed E-state index contributed by atoms with van der Waals surface area (Å²) in [6.07, 6.45) is 0. The Kier molecular flexibility index (Phi) is 1.49. The second-order valence-electron chi connectivity index (χ2n) is 2.42. The van der Waals surface area contributed by atoms with Crippen LogP contribution >= 0.6 is 11.3 Å². The van der Waals surface area contributed by atoms with Crippen molar-refractivity contribution >= 4 is 32.1 Å². The Morgan fingerprint density at radius 3 is 2.83 bits per heavy atom. The first kappa shape index (κ1) is 7.14. The van der Waals surface area contributed by atoms with Gasteiger partial charge in [-0.05, 0) is 6.07 Å². The van der Waals surface area contributed by atoms with Crippen LogP contribution < -0.4 is 5.73 Å². The van der Waals surface area contributed by atoms with E-state index >= 15 is 0 Å². The zero-order valence-electron chi connectivity index (χ0n) is 6.24. The smallest absolute Gasteiger partial charge is 0.227 e. The van der Waals surface area contributed by atoms with Gasteiger partial charge in [0, 0.05) is 10.1 Å². The van der Waals surface area contributed by atoms with E-state index in [1.54, 1.807) is 0 Å². The molecule has 3 heteroatoms. The Morgan fingerprint density at radius 2 is 2.08 bits per heavy atom. The molecule has 0 fully saturated rings. The van der Waals surface area contributed by atoms with Gasteiger partial charge in [0.15, 0.2) is 0 Å². The van der Waals surface area contributed by atoms with Crippen LogP contribution in [0.15, 0.2) is 24.3 Å². The summed E-state index contributed by atoms with van der Waals surface area (Å²) < 4.78 is 1.08. The zero-order valence-corrected chi connectivity index (χ0v) is 7.06. The second kappa shape index (κ2) is 2.50. The highest BCUT2D eigenvalue weighted by molar-refractivity contribution is 7.23. The van der Waals surface area contributed by atoms with Gasteiger partial charge >= 0.3 is 0 Å². The van der Waals surface area contributed by atoms with Crippen molar-refractivity contribution in [2.75, 3.05) is 5.73 Å². The first-order chi connectivity index (χ1) is 5.83. The summed E-state index contributed by atoms with van der Waals surface area (Å²) in [6.45, 7) is 6.93. The number of nitrogens with zero attached hydrogens (tertiary/aromatic N) is 1. The molecule has 0 radical (unpaired) electrons. The van der Waals surface area contributed by atoms with E-state index in [0.29, 0.717) is 10.7 Å². The van der Waals surface area contributed by atoms with E-state index in [1.165, 1.54) is 11.3 Å². The minimum absolute atomic E-state index is 0.593. The van der Waals surface area contributed by atoms with Gasteiger partial charge in [-0.2, -0.15) is 0 Å². The fourth-order valence-corrected chi connectivity index (χ4v) is 2.08. The Labute approximate surface area is 74.1 Å². The Balaban J connectivity index is 2.93. The van der Waals surface area contributed by atoms with Crippen LogP contribution in [0.2, 0.25) is 0 Å². The Hall–Kier alpha value is -1.53. The molecule has 0 unspecified atom stereocenters. The predicted molar refractivity (Wildman–Crippen MR) is 52.5 cm³/mol. The molecule has 1 heterocycles. The number of nitrogens with two attached hydrogens (primary N) is 1. The van der Waals surface area contributed by atoms with Crippen molar-refractivity contribution in [2.45, 2.75) is 0 Å². The van der Waals surface area contributed by atoms with Crippen molar-refractivity contribution in [3.8, 4) is 0 Å². The first-order valence-electron chi connectivity index (χ1n) is 3.47. The van der Waals surface area contributed by atoms with Gasteiger partial charge in [-0.15, -0.1) is 11.3 Å². The number of fused-ring (bicyclic) bond motifs is 1. The summed E-state index contributed by atoms with van der Waals surface area (Å²) in [6, 6.07) is 7.77. The van der Waals surface area contributed by atoms with Crippen LogP contribution in [0.5, 0.6) is 0 Å². The summed E-state index contributed by atoms with van der Waals surface area (Å²) in [4.78, 5) is 3.39. The lowest BCUT2D eigenvalue weighted by atomic mass is 10.2. The molecule has 1 aromatic heterocycles. The molecule has 58 valence electrons. The van der Waals surface area contributed by atoms with Crippen LogP contribution in [-0.2, 0) is 0 Å². The van der Waals surface area contributed by atoms with Gasteiger partial charge in [-0.3, -0.25) is 0 Å². The Morgan fingerprint density at radius 1 is 1.33 bits per heavy atom. The highest BCUT2D eigenvalue weighted by Crippen LogP contribution is 2.39. The normalized spacial score (nSPS) is 9.92. The molecular formula is C9H6N2S. The quantitative estimate of drug-likeness (QED) is 0.611. The number of hydrogen-bond acceptors (Lipinski definition) is 2. The maximum atomic E-state index is 6.93. The Bertz CT molecular complexity index is 465. The van der Waals surface area contributed by atoms with Crippen molar-refractivity contribution in [3.63, 3.8) is 0 Å². The third kappa shape index (κ3) is 0.858. The number of rotatable bonds is 0. The molecule has 0 spiro atoms. The van der Waals surface area contributed by atoms with Crippen molar-refractivity contribution in [2.24, 2.45) is 0 Å². The van der Waals surface area contributed by atoms with Crippen molar-refractivity contribution < 1.29 is 0 Å². The number of benzene rings is 1. The number of nitrogen functional groups attached to an aromatic ring is 1. The lowest BCUT2D eigenvalue weighted by molar-refractivity contribution is 1.85. The predicted octanol–water partition coefficient (Wildman–Crippen LogP) is 3.03. The van der Waals surface area contributed by atoms with E-state index in [2.05, 4.69) is 4.85 Å². The maximum Gasteiger partial charge on any atom is 0.227 e. The molecule has 0 aliphatic rings. The largest absolute Gasteiger partial charge is 0.399 e. The average Bonchev–Trinajstić information content (AvgIpc) is 2.40. The minimum Gasteiger partial charge on any atom is -0.399 e. The maximum absolute atomic E-state index is 6.93. The molecule has 2 nitrogen and oxygen atoms in total. The fourth-order valence-electron chi connectivity index (χ4n) is 1.17. The topological polar surface area (TPSA) is 30.4 Å². The van der Waals surface area contributed by atoms with Gasteiger partial charge in [-0.25, -0.2) is 4.85 Å². The SMILES string of the molecule is [C-]#[N+]c1c(N)sc2ccccc12. The molecule has 2 N–H and O–H groups in total. The van der Waals surface area contributed by atoms with Crippen LogP contribution in [0, 0.1) is 6.57 Å². The van der Waals surface area contributed by atoms with Crippen molar-refractivity contribution in [1.82, 2.24) is 0 Å². The molecule has 1 aromatic carbocycles. The highest BCUT2D eigenvalue weighted by atomic mass is 32.1. The minimum atomic E-state index is 0.593. The molecule has 2 aromatic rings. The first-order valence-corrected chi connectivity index (χ1v) is 4.29. The molecule has 0 aliphatic heterocycles. The second-order valence-corrected chi connectivity index (χ2v) is 3.51. The molecule has 0 bridgehead atoms. The molecule has 0 saturated heterocycles. The van der Waals surface area contributed by atoms with Crippen LogP contribution in [0.25, 0.3) is 14.9 Å². The lowest BCUT2D eigenvalue weighted by Crippen LogP contribution is -1.75. The monoisotopic (exact) mass is 174 g/mol. The van der Waals surface area contributed by atoms with Crippen LogP contribution in [-0.4, -0.2) is 0 Å². The number of anilines is 1. The summed E-state index contributed by atoms with van der Waals surface area (Å²) in [7, 11) is 0. The average molecular weight is 174 g/mol. The highest BCUT2D eigenvalue weighted by Gasteiger charge is 2.07. The van der Waals surface area contributed by atoms with Gasteiger partial charge in [0.25, 0.3) is 0 Å². The molecule has 0 amide bonds. The summed E-state index contributed by atoms with van der Waals surface area (Å²) in [5, 5.41) is 1.58. The van der Waals surface area contributed by atoms with Gasteiger partial charge < -0.3 is 5.73 Å². The zero-order chi connectivity index (χ0) is 8.55. The van der Waals surface area contributed by atoms with Gasteiger partial charge in [0.2, 0.25) is 5.69 Å². The third-order valence-corrected chi connectivity index (χ3v) is 2.70. The standard InChI is InChI=1S/C9H6N2S/c1-11-8-6-4-2-3-5-7(6)12-9(8)10/h2-5H,10H2. The van der Waals surface area contributed by atoms with Crippen LogP contribution in [0.4, 0.5) is 10.7 Å². The molecule has 0 saturated carbocycles. The third-order valence-electron chi connectivity index (χ3n) is 1.71. The molecular weight excluding hydrogens is 168 g/mol. The summed E-state index contributed by atoms with van der Waals surface area (Å²) >= 11 is 1.47. The molecule has 0 aliphatic carbocycles. The summed E-state index contributed by atoms with van der Waals surface area (Å²) in [5.41, 5.74) is 6.26. The van der Waals surface area contributed by atoms with E-state index in [1.807, 2.05) is 24.3 Å². The molecule has 12 heavy (non-hydrogen) atoms. The van der Waals surface area contributed by atoms with E-state index < -0.39 is 0 Å². The summed E-state index contributed by atoms with van der Waals surface area (Å²) in [5.74, 6) is 0. The van der Waals surface area contributed by atoms with Crippen LogP contribution in [0.1, 0.15) is 0 Å². The van der Waals surface area contributed by atoms with E-state index in [-0.39, 0.29) is 0 Å². The number of thiophene rings is 1. The van der Waals surface area contributed by atoms with Gasteiger partial charge in [0.1, 0.15) is 0 Å². The molecule has 2 rings (SSSR count). The van der Waals surface area contributed by atoms with Crippen LogP contribution in [0.3, 0.4) is 0 Å². The van der Waals surface area contributed by atoms with Crippen molar-refractivity contribution in [3.05, 3.63) is 35.7 Å². The lowest BCUT2D eigenvalue weighted by Gasteiger charge is -1.86. The van der Waals surface area contributed by atoms with E-state index in [4.69, 9.17) is 12.3 Å². The van der Waals surface area contributed by atoms with E-state index in [9.17, 15) is 0 Å². The van der Waals surface area contributed by atoms with Crippen molar-refractivity contribution in [1.29, 1.82) is 0 Å². The fraction of sp³-hybridized carbons (Fsp3) is 0. The van der Waals surface area contributed by atoms with E-state index in [0.717, 1.165) is 10.1 Å². The molecule has 0 atom stereocenters. The van der Waals surface area contributed by atoms with Gasteiger partial charge in [-0.1, -0.05) is 18.2 Å². The number of hydrogen-bond donors (Lipinski definition) is 1.